The molecule has 1 aliphatic heterocycles. The van der Waals surface area contributed by atoms with E-state index in [1.165, 1.54) is 30.6 Å². The fourth-order valence-corrected chi connectivity index (χ4v) is 6.33. The predicted octanol–water partition coefficient (Wildman–Crippen LogP) is 6.00. The number of ketones is 1. The molecule has 37 heavy (non-hydrogen) atoms. The van der Waals surface area contributed by atoms with Crippen LogP contribution in [0.1, 0.15) is 35.2 Å². The lowest BCUT2D eigenvalue weighted by Gasteiger charge is -2.26. The first kappa shape index (κ1) is 25.4. The van der Waals surface area contributed by atoms with Crippen molar-refractivity contribution in [2.24, 2.45) is 0 Å². The zero-order valence-electron chi connectivity index (χ0n) is 20.7. The molecule has 0 bridgehead atoms. The second-order valence-corrected chi connectivity index (χ2v) is 11.8. The van der Waals surface area contributed by atoms with Gasteiger partial charge in [0.2, 0.25) is 0 Å². The van der Waals surface area contributed by atoms with Crippen LogP contribution in [0, 0.1) is 0 Å². The van der Waals surface area contributed by atoms with Crippen LogP contribution in [0.2, 0.25) is 0 Å². The molecule has 4 aromatic rings. The quantitative estimate of drug-likeness (QED) is 0.193. The number of likely N-dealkylation sites (tertiary alicyclic amines) is 1. The summed E-state index contributed by atoms with van der Waals surface area (Å²) in [6.07, 6.45) is 4.83. The Hall–Kier alpha value is -3.20. The Morgan fingerprint density at radius 3 is 2.32 bits per heavy atom. The van der Waals surface area contributed by atoms with Crippen LogP contribution in [0.4, 0.5) is 0 Å². The number of carbonyl (C=O) groups is 1. The van der Waals surface area contributed by atoms with Crippen molar-refractivity contribution in [2.45, 2.75) is 19.3 Å². The van der Waals surface area contributed by atoms with Gasteiger partial charge in [-0.25, -0.2) is 0 Å². The molecule has 6 nitrogen and oxygen atoms in total. The molecule has 192 valence electrons. The molecule has 0 spiro atoms. The van der Waals surface area contributed by atoms with Gasteiger partial charge in [-0.3, -0.25) is 9.69 Å². The molecule has 3 aromatic carbocycles. The van der Waals surface area contributed by atoms with Gasteiger partial charge in [-0.05, 0) is 74.0 Å². The molecule has 0 atom stereocenters. The van der Waals surface area contributed by atoms with Crippen molar-refractivity contribution in [3.8, 4) is 21.9 Å². The van der Waals surface area contributed by atoms with Crippen LogP contribution in [0.3, 0.4) is 0 Å². The summed E-state index contributed by atoms with van der Waals surface area (Å²) >= 11 is 1.44. The molecule has 0 radical (unpaired) electrons. The third-order valence-corrected chi connectivity index (χ3v) is 8.11. The number of benzene rings is 3. The van der Waals surface area contributed by atoms with E-state index in [1.54, 1.807) is 30.3 Å². The molecular formula is C29H29NO5S2. The molecule has 0 amide bonds. The topological polar surface area (TPSA) is 72.9 Å². The lowest BCUT2D eigenvalue weighted by atomic mass is 9.97. The minimum absolute atomic E-state index is 0.0956. The van der Waals surface area contributed by atoms with Crippen molar-refractivity contribution in [1.29, 1.82) is 0 Å². The Morgan fingerprint density at radius 2 is 1.62 bits per heavy atom. The third-order valence-electron chi connectivity index (χ3n) is 6.41. The maximum atomic E-state index is 13.8. The van der Waals surface area contributed by atoms with Gasteiger partial charge in [-0.1, -0.05) is 36.8 Å². The number of hydrogen-bond acceptors (Lipinski definition) is 7. The highest BCUT2D eigenvalue weighted by Crippen LogP contribution is 2.41. The second-order valence-electron chi connectivity index (χ2n) is 9.22. The van der Waals surface area contributed by atoms with Gasteiger partial charge in [-0.2, -0.15) is 8.42 Å². The highest BCUT2D eigenvalue weighted by molar-refractivity contribution is 7.86. The monoisotopic (exact) mass is 535 g/mol. The van der Waals surface area contributed by atoms with Gasteiger partial charge in [0.25, 0.3) is 0 Å². The first-order valence-corrected chi connectivity index (χ1v) is 15.0. The number of fused-ring (bicyclic) bond motifs is 1. The highest BCUT2D eigenvalue weighted by atomic mass is 32.2. The van der Waals surface area contributed by atoms with Crippen LogP contribution in [-0.4, -0.2) is 51.6 Å². The van der Waals surface area contributed by atoms with Crippen molar-refractivity contribution in [1.82, 2.24) is 4.90 Å². The van der Waals surface area contributed by atoms with Crippen LogP contribution in [0.25, 0.3) is 20.5 Å². The molecule has 0 aliphatic carbocycles. The first-order chi connectivity index (χ1) is 17.9. The van der Waals surface area contributed by atoms with Crippen molar-refractivity contribution in [2.75, 3.05) is 32.5 Å². The van der Waals surface area contributed by atoms with Crippen molar-refractivity contribution < 1.29 is 22.1 Å². The van der Waals surface area contributed by atoms with Gasteiger partial charge in [-0.15, -0.1) is 11.3 Å². The summed E-state index contributed by atoms with van der Waals surface area (Å²) in [5, 5.41) is 0.761. The summed E-state index contributed by atoms with van der Waals surface area (Å²) < 4.78 is 35.0. The maximum absolute atomic E-state index is 13.8. The smallest absolute Gasteiger partial charge is 0.306 e. The fourth-order valence-electron chi connectivity index (χ4n) is 4.64. The van der Waals surface area contributed by atoms with E-state index < -0.39 is 10.1 Å². The largest absolute Gasteiger partial charge is 0.492 e. The summed E-state index contributed by atoms with van der Waals surface area (Å²) in [5.41, 5.74) is 2.09. The summed E-state index contributed by atoms with van der Waals surface area (Å²) in [7, 11) is -3.65. The van der Waals surface area contributed by atoms with Crippen LogP contribution in [-0.2, 0) is 10.1 Å². The number of hydrogen-bond donors (Lipinski definition) is 0. The second kappa shape index (κ2) is 11.0. The molecule has 5 rings (SSSR count). The summed E-state index contributed by atoms with van der Waals surface area (Å²) in [6.45, 7) is 3.81. The van der Waals surface area contributed by atoms with E-state index in [9.17, 15) is 13.2 Å². The molecule has 0 saturated carbocycles. The lowest BCUT2D eigenvalue weighted by Crippen LogP contribution is -2.33. The van der Waals surface area contributed by atoms with Gasteiger partial charge < -0.3 is 8.92 Å². The molecule has 1 aromatic heterocycles. The molecule has 2 heterocycles. The van der Waals surface area contributed by atoms with Gasteiger partial charge in [0.05, 0.1) is 6.26 Å². The van der Waals surface area contributed by atoms with Crippen LogP contribution in [0.15, 0.2) is 72.8 Å². The minimum atomic E-state index is -3.65. The number of ether oxygens (including phenoxy) is 1. The van der Waals surface area contributed by atoms with Crippen molar-refractivity contribution >= 4 is 37.3 Å². The highest BCUT2D eigenvalue weighted by Gasteiger charge is 2.22. The molecular weight excluding hydrogens is 506 g/mol. The normalized spacial score (nSPS) is 14.5. The van der Waals surface area contributed by atoms with Gasteiger partial charge in [0, 0.05) is 32.6 Å². The van der Waals surface area contributed by atoms with E-state index in [-0.39, 0.29) is 11.5 Å². The van der Waals surface area contributed by atoms with Crippen LogP contribution in [0.5, 0.6) is 11.5 Å². The first-order valence-electron chi connectivity index (χ1n) is 12.4. The lowest BCUT2D eigenvalue weighted by molar-refractivity contribution is 0.104. The predicted molar refractivity (Wildman–Crippen MR) is 148 cm³/mol. The maximum Gasteiger partial charge on any atom is 0.306 e. The average molecular weight is 536 g/mol. The SMILES string of the molecule is CS(=O)(=O)Oc1ccc2c(C(=O)c3ccc(OCCN4CCCCC4)cc3)c(-c3ccccc3)sc2c1. The van der Waals surface area contributed by atoms with Crippen LogP contribution >= 0.6 is 11.3 Å². The standard InChI is InChI=1S/C29H29NO5S2/c1-37(32,33)35-24-14-15-25-26(20-24)36-29(22-8-4-2-5-9-22)27(25)28(31)21-10-12-23(13-11-21)34-19-18-30-16-6-3-7-17-30/h2,4-5,8-15,20H,3,6-7,16-19H2,1H3. The Kier molecular flexibility index (Phi) is 7.60. The summed E-state index contributed by atoms with van der Waals surface area (Å²) in [4.78, 5) is 17.1. The summed E-state index contributed by atoms with van der Waals surface area (Å²) in [5.74, 6) is 0.872. The fraction of sp³-hybridized carbons (Fsp3) is 0.276. The molecule has 1 fully saturated rings. The third kappa shape index (κ3) is 6.21. The molecule has 0 unspecified atom stereocenters. The Balaban J connectivity index is 1.41. The van der Waals surface area contributed by atoms with E-state index in [1.807, 2.05) is 42.5 Å². The van der Waals surface area contributed by atoms with Crippen molar-refractivity contribution in [3.63, 3.8) is 0 Å². The van der Waals surface area contributed by atoms with Gasteiger partial charge in [0.1, 0.15) is 18.1 Å². The zero-order chi connectivity index (χ0) is 25.8. The number of piperidine rings is 1. The van der Waals surface area contributed by atoms with E-state index in [2.05, 4.69) is 4.90 Å². The number of thiophene rings is 1. The Morgan fingerprint density at radius 1 is 0.919 bits per heavy atom. The molecule has 1 aliphatic rings. The van der Waals surface area contributed by atoms with Crippen LogP contribution < -0.4 is 8.92 Å². The van der Waals surface area contributed by atoms with E-state index >= 15 is 0 Å². The number of rotatable bonds is 9. The van der Waals surface area contributed by atoms with E-state index in [0.717, 1.165) is 52.2 Å². The van der Waals surface area contributed by atoms with E-state index in [0.29, 0.717) is 17.7 Å². The van der Waals surface area contributed by atoms with Crippen molar-refractivity contribution in [3.05, 3.63) is 83.9 Å². The zero-order valence-corrected chi connectivity index (χ0v) is 22.3. The minimum Gasteiger partial charge on any atom is -0.492 e. The Labute approximate surface area is 221 Å². The molecule has 8 heteroatoms. The molecule has 0 N–H and O–H groups in total. The van der Waals surface area contributed by atoms with Gasteiger partial charge >= 0.3 is 10.1 Å². The Bertz CT molecular complexity index is 1490. The van der Waals surface area contributed by atoms with Gasteiger partial charge in [0.15, 0.2) is 5.78 Å². The average Bonchev–Trinajstić information content (AvgIpc) is 3.28. The summed E-state index contributed by atoms with van der Waals surface area (Å²) in [6, 6.07) is 22.0. The van der Waals surface area contributed by atoms with E-state index in [4.69, 9.17) is 8.92 Å². The molecule has 1 saturated heterocycles. The number of nitrogens with zero attached hydrogens (tertiary/aromatic N) is 1. The number of carbonyl (C=O) groups excluding carboxylic acids is 1.